The molecule has 0 saturated carbocycles. The minimum atomic E-state index is -0.626. The van der Waals surface area contributed by atoms with Crippen LogP contribution >= 0.6 is 0 Å². The number of nitrogens with one attached hydrogen (secondary N) is 1. The average molecular weight is 361 g/mol. The first kappa shape index (κ1) is 17.8. The van der Waals surface area contributed by atoms with Gasteiger partial charge in [-0.1, -0.05) is 0 Å². The van der Waals surface area contributed by atoms with E-state index in [1.54, 1.807) is 20.3 Å². The van der Waals surface area contributed by atoms with Gasteiger partial charge < -0.3 is 19.7 Å². The van der Waals surface area contributed by atoms with Gasteiger partial charge in [0.05, 0.1) is 25.2 Å². The number of nitro groups is 1. The lowest BCUT2D eigenvalue weighted by molar-refractivity contribution is -0.384. The molecular formula is C18H20FN3O4. The van der Waals surface area contributed by atoms with E-state index in [1.807, 2.05) is 12.1 Å². The molecule has 0 spiro atoms. The van der Waals surface area contributed by atoms with Crippen LogP contribution in [0.5, 0.6) is 11.5 Å². The van der Waals surface area contributed by atoms with Gasteiger partial charge in [0.25, 0.3) is 5.69 Å². The van der Waals surface area contributed by atoms with Crippen LogP contribution < -0.4 is 19.7 Å². The number of methoxy groups -OCH3 is 2. The summed E-state index contributed by atoms with van der Waals surface area (Å²) in [7, 11) is 3.20. The molecule has 0 radical (unpaired) electrons. The fourth-order valence-corrected chi connectivity index (χ4v) is 3.09. The molecule has 3 rings (SSSR count). The van der Waals surface area contributed by atoms with E-state index in [9.17, 15) is 14.5 Å². The lowest BCUT2D eigenvalue weighted by Crippen LogP contribution is -2.26. The van der Waals surface area contributed by atoms with E-state index >= 15 is 0 Å². The first-order valence-electron chi connectivity index (χ1n) is 8.18. The summed E-state index contributed by atoms with van der Waals surface area (Å²) < 4.78 is 23.9. The van der Waals surface area contributed by atoms with Gasteiger partial charge in [0, 0.05) is 43.0 Å². The van der Waals surface area contributed by atoms with Gasteiger partial charge in [0.15, 0.2) is 0 Å². The molecule has 0 amide bonds. The summed E-state index contributed by atoms with van der Waals surface area (Å²) in [4.78, 5) is 12.7. The highest BCUT2D eigenvalue weighted by molar-refractivity contribution is 5.63. The minimum absolute atomic E-state index is 0.0105. The highest BCUT2D eigenvalue weighted by Crippen LogP contribution is 2.32. The average Bonchev–Trinajstić information content (AvgIpc) is 3.11. The summed E-state index contributed by atoms with van der Waals surface area (Å²) in [6.07, 6.45) is 0.800. The standard InChI is InChI=1S/C18H20FN3O4/c1-25-15-8-14(9-16(10-15)26-2)21-6-5-13(11-21)20-17-4-3-12(19)7-18(17)22(23)24/h3-4,7-10,13,20H,5-6,11H2,1-2H3. The molecule has 0 bridgehead atoms. The van der Waals surface area contributed by atoms with Gasteiger partial charge in [0.1, 0.15) is 23.0 Å². The Morgan fingerprint density at radius 3 is 2.50 bits per heavy atom. The first-order chi connectivity index (χ1) is 12.5. The van der Waals surface area contributed by atoms with Crippen molar-refractivity contribution in [3.8, 4) is 11.5 Å². The second-order valence-electron chi connectivity index (χ2n) is 6.07. The van der Waals surface area contributed by atoms with E-state index in [0.717, 1.165) is 24.7 Å². The summed E-state index contributed by atoms with van der Waals surface area (Å²) in [5.41, 5.74) is 1.03. The number of anilines is 2. The van der Waals surface area contributed by atoms with Crippen molar-refractivity contribution in [2.24, 2.45) is 0 Å². The maximum absolute atomic E-state index is 13.3. The molecule has 1 fully saturated rings. The Balaban J connectivity index is 1.75. The molecule has 138 valence electrons. The number of benzene rings is 2. The Bertz CT molecular complexity index is 793. The molecule has 1 atom stereocenters. The smallest absolute Gasteiger partial charge is 0.295 e. The van der Waals surface area contributed by atoms with Crippen molar-refractivity contribution < 1.29 is 18.8 Å². The van der Waals surface area contributed by atoms with Crippen LogP contribution in [0.4, 0.5) is 21.5 Å². The van der Waals surface area contributed by atoms with E-state index in [0.29, 0.717) is 23.7 Å². The number of ether oxygens (including phenoxy) is 2. The number of nitrogens with zero attached hydrogens (tertiary/aromatic N) is 2. The van der Waals surface area contributed by atoms with Crippen LogP contribution in [-0.2, 0) is 0 Å². The zero-order chi connectivity index (χ0) is 18.7. The summed E-state index contributed by atoms with van der Waals surface area (Å²) in [6, 6.07) is 9.21. The number of hydrogen-bond donors (Lipinski definition) is 1. The fraction of sp³-hybridized carbons (Fsp3) is 0.333. The highest BCUT2D eigenvalue weighted by atomic mass is 19.1. The zero-order valence-electron chi connectivity index (χ0n) is 14.6. The van der Waals surface area contributed by atoms with Crippen LogP contribution in [0.2, 0.25) is 0 Å². The molecule has 8 heteroatoms. The molecule has 7 nitrogen and oxygen atoms in total. The summed E-state index contributed by atoms with van der Waals surface area (Å²) >= 11 is 0. The largest absolute Gasteiger partial charge is 0.497 e. The summed E-state index contributed by atoms with van der Waals surface area (Å²) in [5.74, 6) is 0.772. The van der Waals surface area contributed by atoms with E-state index in [-0.39, 0.29) is 11.7 Å². The molecule has 0 aliphatic carbocycles. The monoisotopic (exact) mass is 361 g/mol. The van der Waals surface area contributed by atoms with Crippen LogP contribution in [-0.4, -0.2) is 38.3 Å². The van der Waals surface area contributed by atoms with Crippen molar-refractivity contribution >= 4 is 17.1 Å². The molecule has 26 heavy (non-hydrogen) atoms. The number of nitro benzene ring substituents is 1. The number of hydrogen-bond acceptors (Lipinski definition) is 6. The van der Waals surface area contributed by atoms with Crippen molar-refractivity contribution in [1.29, 1.82) is 0 Å². The Labute approximate surface area is 150 Å². The van der Waals surface area contributed by atoms with Crippen LogP contribution in [0.1, 0.15) is 6.42 Å². The highest BCUT2D eigenvalue weighted by Gasteiger charge is 2.26. The molecule has 1 aliphatic heterocycles. The van der Waals surface area contributed by atoms with Gasteiger partial charge in [-0.3, -0.25) is 10.1 Å². The van der Waals surface area contributed by atoms with Crippen LogP contribution in [0, 0.1) is 15.9 Å². The molecule has 2 aromatic carbocycles. The van der Waals surface area contributed by atoms with Crippen molar-refractivity contribution in [3.05, 3.63) is 52.3 Å². The van der Waals surface area contributed by atoms with Crippen molar-refractivity contribution in [1.82, 2.24) is 0 Å². The fourth-order valence-electron chi connectivity index (χ4n) is 3.09. The topological polar surface area (TPSA) is 76.9 Å². The third kappa shape index (κ3) is 3.79. The third-order valence-electron chi connectivity index (χ3n) is 4.41. The molecule has 2 aromatic rings. The lowest BCUT2D eigenvalue weighted by Gasteiger charge is -2.21. The second kappa shape index (κ2) is 7.47. The molecular weight excluding hydrogens is 341 g/mol. The molecule has 1 N–H and O–H groups in total. The van der Waals surface area contributed by atoms with Crippen LogP contribution in [0.3, 0.4) is 0 Å². The zero-order valence-corrected chi connectivity index (χ0v) is 14.6. The molecule has 1 heterocycles. The van der Waals surface area contributed by atoms with Gasteiger partial charge >= 0.3 is 0 Å². The Kier molecular flexibility index (Phi) is 5.11. The maximum atomic E-state index is 13.3. The quantitative estimate of drug-likeness (QED) is 0.627. The number of halogens is 1. The van der Waals surface area contributed by atoms with Gasteiger partial charge in [0.2, 0.25) is 0 Å². The normalized spacial score (nSPS) is 16.4. The van der Waals surface area contributed by atoms with Gasteiger partial charge in [-0.15, -0.1) is 0 Å². The Morgan fingerprint density at radius 1 is 1.19 bits per heavy atom. The van der Waals surface area contributed by atoms with Crippen molar-refractivity contribution in [2.45, 2.75) is 12.5 Å². The molecule has 1 unspecified atom stereocenters. The van der Waals surface area contributed by atoms with Gasteiger partial charge in [-0.2, -0.15) is 0 Å². The van der Waals surface area contributed by atoms with E-state index in [2.05, 4.69) is 10.2 Å². The third-order valence-corrected chi connectivity index (χ3v) is 4.41. The molecule has 1 saturated heterocycles. The SMILES string of the molecule is COc1cc(OC)cc(N2CCC(Nc3ccc(F)cc3[N+](=O)[O-])C2)c1. The number of rotatable bonds is 6. The van der Waals surface area contributed by atoms with E-state index < -0.39 is 10.7 Å². The van der Waals surface area contributed by atoms with Gasteiger partial charge in [-0.05, 0) is 18.6 Å². The van der Waals surface area contributed by atoms with Crippen molar-refractivity contribution in [2.75, 3.05) is 37.5 Å². The van der Waals surface area contributed by atoms with Gasteiger partial charge in [-0.25, -0.2) is 4.39 Å². The Hall–Kier alpha value is -3.03. The van der Waals surface area contributed by atoms with Crippen molar-refractivity contribution in [3.63, 3.8) is 0 Å². The molecule has 1 aliphatic rings. The molecule has 0 aromatic heterocycles. The lowest BCUT2D eigenvalue weighted by atomic mass is 10.2. The summed E-state index contributed by atoms with van der Waals surface area (Å²) in [5, 5.41) is 14.3. The second-order valence-corrected chi connectivity index (χ2v) is 6.07. The van der Waals surface area contributed by atoms with Crippen LogP contribution in [0.15, 0.2) is 36.4 Å². The van der Waals surface area contributed by atoms with E-state index in [4.69, 9.17) is 9.47 Å². The van der Waals surface area contributed by atoms with E-state index in [1.165, 1.54) is 12.1 Å². The summed E-state index contributed by atoms with van der Waals surface area (Å²) in [6.45, 7) is 1.44. The van der Waals surface area contributed by atoms with Crippen LogP contribution in [0.25, 0.3) is 0 Å². The predicted molar refractivity (Wildman–Crippen MR) is 96.8 cm³/mol. The maximum Gasteiger partial charge on any atom is 0.295 e. The predicted octanol–water partition coefficient (Wildman–Crippen LogP) is 3.44. The Morgan fingerprint density at radius 2 is 1.88 bits per heavy atom. The minimum Gasteiger partial charge on any atom is -0.497 e. The first-order valence-corrected chi connectivity index (χ1v) is 8.18.